The summed E-state index contributed by atoms with van der Waals surface area (Å²) in [7, 11) is 0. The molecule has 3 N–H and O–H groups in total. The fourth-order valence-electron chi connectivity index (χ4n) is 5.35. The first kappa shape index (κ1) is 32.4. The van der Waals surface area contributed by atoms with Crippen LogP contribution < -0.4 is 10.6 Å². The van der Waals surface area contributed by atoms with E-state index >= 15 is 4.39 Å². The quantitative estimate of drug-likeness (QED) is 0.175. The number of thioether (sulfide) groups is 1. The summed E-state index contributed by atoms with van der Waals surface area (Å²) in [5.41, 5.74) is 2.40. The van der Waals surface area contributed by atoms with E-state index in [2.05, 4.69) is 43.6 Å². The van der Waals surface area contributed by atoms with Crippen LogP contribution in [0.1, 0.15) is 74.9 Å². The smallest absolute Gasteiger partial charge is 0.412 e. The molecule has 43 heavy (non-hydrogen) atoms. The van der Waals surface area contributed by atoms with Crippen LogP contribution >= 0.6 is 11.8 Å². The third-order valence-electron chi connectivity index (χ3n) is 8.03. The number of carbonyl (C=O) groups excluding carboxylic acids is 2. The first-order valence-corrected chi connectivity index (χ1v) is 16.1. The van der Waals surface area contributed by atoms with Crippen LogP contribution in [-0.2, 0) is 17.8 Å². The molecular weight excluding hydrogens is 563 g/mol. The van der Waals surface area contributed by atoms with Crippen LogP contribution in [0.25, 0.3) is 0 Å². The van der Waals surface area contributed by atoms with Crippen LogP contribution in [0.5, 0.6) is 0 Å². The van der Waals surface area contributed by atoms with Gasteiger partial charge in [0.05, 0.1) is 17.0 Å². The van der Waals surface area contributed by atoms with Crippen LogP contribution in [0.15, 0.2) is 77.1 Å². The lowest BCUT2D eigenvalue weighted by molar-refractivity contribution is 0.103. The summed E-state index contributed by atoms with van der Waals surface area (Å²) in [5.74, 6) is 0.167. The van der Waals surface area contributed by atoms with Crippen molar-refractivity contribution in [1.29, 1.82) is 0 Å². The highest BCUT2D eigenvalue weighted by Gasteiger charge is 2.29. The fourth-order valence-corrected chi connectivity index (χ4v) is 6.23. The number of carbonyl (C=O) groups is 2. The van der Waals surface area contributed by atoms with E-state index in [1.54, 1.807) is 11.5 Å². The number of nitrogens with one attached hydrogen (secondary N) is 2. The summed E-state index contributed by atoms with van der Waals surface area (Å²) in [5, 5.41) is 18.7. The third-order valence-corrected chi connectivity index (χ3v) is 8.89. The van der Waals surface area contributed by atoms with E-state index < -0.39 is 17.7 Å². The van der Waals surface area contributed by atoms with Crippen molar-refractivity contribution in [2.24, 2.45) is 17.3 Å². The number of Topliss-reactive ketones (excluding diaryl/α,β-unsaturated/α-hetero) is 1. The van der Waals surface area contributed by atoms with Crippen molar-refractivity contribution >= 4 is 29.3 Å². The summed E-state index contributed by atoms with van der Waals surface area (Å²) in [6, 6.07) is 11.9. The summed E-state index contributed by atoms with van der Waals surface area (Å²) in [4.78, 5) is 26.1. The Balaban J connectivity index is 1.47. The number of hydrogen-bond donors (Lipinski definition) is 3. The average molecular weight is 607 g/mol. The number of ether oxygens (including phenoxy) is 1. The Morgan fingerprint density at radius 2 is 1.93 bits per heavy atom. The standard InChI is InChI=1S/C35H43FN2O4S/c1-5-6-14-25-17-26(18-29(36)31(25)38-34(41)42-20-23-11-8-7-9-12-23)32(39)28-21-43-22-30(33(28)40)37-19-24-13-10-15-27(16-24)35(2,3)4/h7-12,15,17-18,21,24,27,37,40H,5-6,13-14,16,19-20,22H2,1-4H3,(H,38,41)/t24?,27-/m1/s1. The maximum absolute atomic E-state index is 15.5. The molecule has 0 radical (unpaired) electrons. The van der Waals surface area contributed by atoms with Crippen molar-refractivity contribution in [3.05, 3.63) is 99.6 Å². The number of anilines is 1. The van der Waals surface area contributed by atoms with Crippen molar-refractivity contribution in [2.45, 2.75) is 66.4 Å². The van der Waals surface area contributed by atoms with Gasteiger partial charge >= 0.3 is 6.09 Å². The van der Waals surface area contributed by atoms with Gasteiger partial charge in [0.1, 0.15) is 18.2 Å². The normalized spacial score (nSPS) is 18.7. The van der Waals surface area contributed by atoms with E-state index in [0.29, 0.717) is 41.8 Å². The van der Waals surface area contributed by atoms with Crippen LogP contribution in [0.3, 0.4) is 0 Å². The number of aliphatic hydroxyl groups excluding tert-OH is 1. The Labute approximate surface area is 258 Å². The third kappa shape index (κ3) is 8.75. The molecule has 6 nitrogen and oxygen atoms in total. The van der Waals surface area contributed by atoms with Gasteiger partial charge in [-0.25, -0.2) is 9.18 Å². The van der Waals surface area contributed by atoms with Crippen LogP contribution in [-0.4, -0.2) is 29.3 Å². The molecule has 0 spiro atoms. The predicted molar refractivity (Wildman–Crippen MR) is 173 cm³/mol. The van der Waals surface area contributed by atoms with Gasteiger partial charge in [0.2, 0.25) is 0 Å². The van der Waals surface area contributed by atoms with E-state index in [1.165, 1.54) is 11.8 Å². The van der Waals surface area contributed by atoms with Gasteiger partial charge in [-0.3, -0.25) is 10.1 Å². The average Bonchev–Trinajstić information content (AvgIpc) is 2.99. The van der Waals surface area contributed by atoms with Gasteiger partial charge in [-0.1, -0.05) is 76.6 Å². The van der Waals surface area contributed by atoms with E-state index in [4.69, 9.17) is 4.74 Å². The summed E-state index contributed by atoms with van der Waals surface area (Å²) >= 11 is 1.42. The van der Waals surface area contributed by atoms with Crippen LogP contribution in [0, 0.1) is 23.1 Å². The number of amides is 1. The molecule has 2 aromatic carbocycles. The Morgan fingerprint density at radius 3 is 2.65 bits per heavy atom. The zero-order valence-corrected chi connectivity index (χ0v) is 26.4. The number of halogens is 1. The number of unbranched alkanes of at least 4 members (excludes halogenated alkanes) is 1. The number of aryl methyl sites for hydroxylation is 1. The van der Waals surface area contributed by atoms with Gasteiger partial charge in [0, 0.05) is 17.9 Å². The van der Waals surface area contributed by atoms with E-state index in [9.17, 15) is 14.7 Å². The van der Waals surface area contributed by atoms with Crippen molar-refractivity contribution < 1.29 is 23.8 Å². The summed E-state index contributed by atoms with van der Waals surface area (Å²) in [6.45, 7) is 9.53. The molecule has 8 heteroatoms. The molecule has 0 saturated heterocycles. The van der Waals surface area contributed by atoms with Crippen LogP contribution in [0.2, 0.25) is 0 Å². The Bertz CT molecular complexity index is 1390. The second kappa shape index (κ2) is 14.8. The minimum Gasteiger partial charge on any atom is -0.505 e. The van der Waals surface area contributed by atoms with Crippen LogP contribution in [0.4, 0.5) is 14.9 Å². The summed E-state index contributed by atoms with van der Waals surface area (Å²) in [6.07, 6.45) is 7.89. The highest BCUT2D eigenvalue weighted by atomic mass is 32.2. The first-order chi connectivity index (χ1) is 20.6. The molecule has 1 heterocycles. The maximum Gasteiger partial charge on any atom is 0.412 e. The zero-order valence-electron chi connectivity index (χ0n) is 25.5. The number of hydrogen-bond acceptors (Lipinski definition) is 6. The fraction of sp³-hybridized carbons (Fsp3) is 0.429. The van der Waals surface area contributed by atoms with Gasteiger partial charge in [0.15, 0.2) is 5.78 Å². The number of allylic oxidation sites excluding steroid dienone is 3. The molecule has 0 fully saturated rings. The SMILES string of the molecule is CCCCc1cc(C(=O)C2=CSCC(NCC3CC=C[C@@H](C(C)(C)C)C3)=C2O)cc(F)c1NC(=O)OCc1ccccc1. The molecule has 2 aromatic rings. The van der Waals surface area contributed by atoms with Gasteiger partial charge in [0.25, 0.3) is 0 Å². The molecule has 1 unspecified atom stereocenters. The summed E-state index contributed by atoms with van der Waals surface area (Å²) < 4.78 is 20.8. The predicted octanol–water partition coefficient (Wildman–Crippen LogP) is 8.72. The molecule has 1 aliphatic heterocycles. The molecule has 1 aliphatic carbocycles. The lowest BCUT2D eigenvalue weighted by atomic mass is 9.72. The molecule has 0 aromatic heterocycles. The number of rotatable bonds is 11. The molecular formula is C35H43FN2O4S. The minimum absolute atomic E-state index is 0.00673. The number of aliphatic hydroxyl groups is 1. The van der Waals surface area contributed by atoms with E-state index in [-0.39, 0.29) is 34.6 Å². The van der Waals surface area contributed by atoms with E-state index in [0.717, 1.165) is 37.3 Å². The lowest BCUT2D eigenvalue weighted by Gasteiger charge is -2.34. The molecule has 1 amide bonds. The molecule has 0 bridgehead atoms. The Kier molecular flexibility index (Phi) is 11.1. The maximum atomic E-state index is 15.5. The van der Waals surface area contributed by atoms with Crippen molar-refractivity contribution in [3.8, 4) is 0 Å². The largest absolute Gasteiger partial charge is 0.505 e. The minimum atomic E-state index is -0.774. The monoisotopic (exact) mass is 606 g/mol. The lowest BCUT2D eigenvalue weighted by Crippen LogP contribution is -2.31. The number of benzene rings is 2. The topological polar surface area (TPSA) is 87.7 Å². The Morgan fingerprint density at radius 1 is 1.16 bits per heavy atom. The Hall–Kier alpha value is -3.52. The molecule has 2 atom stereocenters. The van der Waals surface area contributed by atoms with Crippen molar-refractivity contribution in [3.63, 3.8) is 0 Å². The molecule has 0 saturated carbocycles. The highest BCUT2D eigenvalue weighted by Crippen LogP contribution is 2.37. The van der Waals surface area contributed by atoms with Gasteiger partial charge in [-0.2, -0.15) is 0 Å². The second-order valence-corrected chi connectivity index (χ2v) is 13.3. The number of ketones is 1. The molecule has 230 valence electrons. The highest BCUT2D eigenvalue weighted by molar-refractivity contribution is 8.02. The molecule has 2 aliphatic rings. The van der Waals surface area contributed by atoms with Crippen molar-refractivity contribution in [2.75, 3.05) is 17.6 Å². The van der Waals surface area contributed by atoms with Gasteiger partial charge in [-0.15, -0.1) is 11.8 Å². The van der Waals surface area contributed by atoms with Crippen molar-refractivity contribution in [1.82, 2.24) is 5.32 Å². The van der Waals surface area contributed by atoms with E-state index in [1.807, 2.05) is 37.3 Å². The van der Waals surface area contributed by atoms with Gasteiger partial charge < -0.3 is 15.2 Å². The first-order valence-electron chi connectivity index (χ1n) is 15.1. The second-order valence-electron chi connectivity index (χ2n) is 12.4. The zero-order chi connectivity index (χ0) is 31.0. The molecule has 4 rings (SSSR count). The van der Waals surface area contributed by atoms with Gasteiger partial charge in [-0.05, 0) is 71.6 Å².